The third kappa shape index (κ3) is 5.34. The number of nitrogens with one attached hydrogen (secondary N) is 2. The van der Waals surface area contributed by atoms with Crippen LogP contribution in [-0.4, -0.2) is 42.7 Å². The van der Waals surface area contributed by atoms with Crippen LogP contribution in [0.15, 0.2) is 18.3 Å². The van der Waals surface area contributed by atoms with Crippen LogP contribution in [0.4, 0.5) is 17.6 Å². The van der Waals surface area contributed by atoms with Crippen LogP contribution in [0, 0.1) is 5.92 Å². The monoisotopic (exact) mass is 551 g/mol. The quantitative estimate of drug-likeness (QED) is 0.319. The Kier molecular flexibility index (Phi) is 7.44. The van der Waals surface area contributed by atoms with Gasteiger partial charge in [-0.25, -0.2) is 9.97 Å². The summed E-state index contributed by atoms with van der Waals surface area (Å²) in [7, 11) is 0. The second kappa shape index (κ2) is 10.6. The second-order valence-corrected chi connectivity index (χ2v) is 10.9. The molecule has 0 spiro atoms. The molecule has 5 N–H and O–H groups in total. The van der Waals surface area contributed by atoms with Crippen molar-refractivity contribution in [2.45, 2.75) is 69.6 Å². The Morgan fingerprint density at radius 3 is 2.44 bits per heavy atom. The first-order chi connectivity index (χ1) is 17.3. The van der Waals surface area contributed by atoms with E-state index in [1.807, 2.05) is 4.57 Å². The van der Waals surface area contributed by atoms with E-state index in [0.29, 0.717) is 63.1 Å². The third-order valence-corrected chi connectivity index (χ3v) is 7.93. The lowest BCUT2D eigenvalue weighted by Crippen LogP contribution is -2.30. The Bertz CT molecular complexity index is 1250. The number of primary amides is 1. The molecule has 2 aliphatic rings. The molecule has 36 heavy (non-hydrogen) atoms. The van der Waals surface area contributed by atoms with Gasteiger partial charge in [0, 0.05) is 23.0 Å². The van der Waals surface area contributed by atoms with E-state index in [0.717, 1.165) is 32.1 Å². The molecule has 2 aliphatic carbocycles. The third-order valence-electron chi connectivity index (χ3n) is 7.12. The minimum absolute atomic E-state index is 0.0391. The van der Waals surface area contributed by atoms with Gasteiger partial charge in [0.15, 0.2) is 5.65 Å². The summed E-state index contributed by atoms with van der Waals surface area (Å²) in [6.45, 7) is 0. The van der Waals surface area contributed by atoms with Crippen molar-refractivity contribution in [1.82, 2.24) is 19.5 Å². The fourth-order valence-electron chi connectivity index (χ4n) is 5.26. The zero-order chi connectivity index (χ0) is 25.4. The molecule has 0 saturated heterocycles. The lowest BCUT2D eigenvalue weighted by atomic mass is 9.85. The summed E-state index contributed by atoms with van der Waals surface area (Å²) in [5, 5.41) is 17.9. The molecule has 1 aromatic carbocycles. The average molecular weight is 553 g/mol. The van der Waals surface area contributed by atoms with Crippen molar-refractivity contribution in [3.8, 4) is 0 Å². The Balaban J connectivity index is 1.51. The number of hydrogen-bond donors (Lipinski definition) is 4. The van der Waals surface area contributed by atoms with Crippen molar-refractivity contribution in [3.63, 3.8) is 0 Å². The zero-order valence-electron chi connectivity index (χ0n) is 19.6. The predicted octanol–water partition coefficient (Wildman–Crippen LogP) is 5.46. The molecule has 192 valence electrons. The maximum absolute atomic E-state index is 11.7. The van der Waals surface area contributed by atoms with Crippen molar-refractivity contribution < 1.29 is 9.90 Å². The fourth-order valence-corrected chi connectivity index (χ4v) is 6.18. The van der Waals surface area contributed by atoms with E-state index in [2.05, 4.69) is 15.6 Å². The van der Waals surface area contributed by atoms with Gasteiger partial charge in [-0.15, -0.1) is 0 Å². The summed E-state index contributed by atoms with van der Waals surface area (Å²) in [6.07, 6.45) is 7.65. The van der Waals surface area contributed by atoms with Crippen molar-refractivity contribution in [1.29, 1.82) is 0 Å². The van der Waals surface area contributed by atoms with Gasteiger partial charge >= 0.3 is 0 Å². The van der Waals surface area contributed by atoms with Crippen LogP contribution in [0.3, 0.4) is 0 Å². The number of aliphatic hydroxyl groups is 1. The Hall–Kier alpha value is -2.33. The summed E-state index contributed by atoms with van der Waals surface area (Å²) in [5.41, 5.74) is 7.33. The number of rotatable bonds is 6. The molecular weight excluding hydrogens is 525 g/mol. The van der Waals surface area contributed by atoms with Gasteiger partial charge in [-0.05, 0) is 63.5 Å². The fraction of sp³-hybridized carbons (Fsp3) is 0.500. The van der Waals surface area contributed by atoms with Crippen LogP contribution in [0.25, 0.3) is 11.2 Å². The molecule has 2 atom stereocenters. The van der Waals surface area contributed by atoms with Crippen molar-refractivity contribution in [3.05, 3.63) is 33.4 Å². The van der Waals surface area contributed by atoms with Crippen molar-refractivity contribution in [2.24, 2.45) is 11.7 Å². The van der Waals surface area contributed by atoms with Crippen LogP contribution in [0.5, 0.6) is 0 Å². The molecule has 1 amide bonds. The van der Waals surface area contributed by atoms with Gasteiger partial charge in [0.25, 0.3) is 0 Å². The topological polar surface area (TPSA) is 131 Å². The normalized spacial score (nSPS) is 24.6. The molecule has 2 saturated carbocycles. The summed E-state index contributed by atoms with van der Waals surface area (Å²) < 4.78 is 2.04. The minimum atomic E-state index is -0.310. The van der Waals surface area contributed by atoms with Gasteiger partial charge in [0.1, 0.15) is 5.52 Å². The van der Waals surface area contributed by atoms with Crippen LogP contribution in [0.1, 0.15) is 57.4 Å². The standard InChI is InChI=1S/C24H28Cl3N7O2/c25-13-8-17(26)20(18(27)9-13)32-24-31-19-11-29-23(30-14-2-1-3-16(35)10-14)33-22(19)34(24)15-6-4-12(5-7-15)21(28)36/h8-9,11-12,14-16,35H,1-7,10H2,(H2,28,36)(H,31,32)(H,29,30,33)/t12-,14-,15-,16-/m1/s1. The Morgan fingerprint density at radius 2 is 1.78 bits per heavy atom. The smallest absolute Gasteiger partial charge is 0.224 e. The van der Waals surface area contributed by atoms with E-state index in [1.165, 1.54) is 0 Å². The molecule has 0 unspecified atom stereocenters. The number of aliphatic hydroxyl groups excluding tert-OH is 1. The van der Waals surface area contributed by atoms with Gasteiger partial charge in [0.05, 0.1) is 28.0 Å². The molecule has 3 aromatic rings. The van der Waals surface area contributed by atoms with Crippen molar-refractivity contribution in [2.75, 3.05) is 10.6 Å². The number of hydrogen-bond acceptors (Lipinski definition) is 7. The summed E-state index contributed by atoms with van der Waals surface area (Å²) in [4.78, 5) is 25.8. The summed E-state index contributed by atoms with van der Waals surface area (Å²) >= 11 is 19.0. The van der Waals surface area contributed by atoms with Crippen molar-refractivity contribution >= 4 is 69.5 Å². The van der Waals surface area contributed by atoms with E-state index in [9.17, 15) is 9.90 Å². The maximum Gasteiger partial charge on any atom is 0.224 e. The highest BCUT2D eigenvalue weighted by molar-refractivity contribution is 6.41. The number of carbonyl (C=O) groups is 1. The first-order valence-electron chi connectivity index (χ1n) is 12.2. The minimum Gasteiger partial charge on any atom is -0.393 e. The number of nitrogens with zero attached hydrogens (tertiary/aromatic N) is 4. The molecule has 0 aliphatic heterocycles. The lowest BCUT2D eigenvalue weighted by Gasteiger charge is -2.29. The molecule has 2 fully saturated rings. The number of fused-ring (bicyclic) bond motifs is 1. The largest absolute Gasteiger partial charge is 0.393 e. The Labute approximate surface area is 223 Å². The van der Waals surface area contributed by atoms with Crippen LogP contribution in [-0.2, 0) is 4.79 Å². The Morgan fingerprint density at radius 1 is 1.06 bits per heavy atom. The van der Waals surface area contributed by atoms with Crippen LogP contribution < -0.4 is 16.4 Å². The van der Waals surface area contributed by atoms with Gasteiger partial charge in [-0.1, -0.05) is 34.8 Å². The van der Waals surface area contributed by atoms with Gasteiger partial charge < -0.3 is 21.5 Å². The first-order valence-corrected chi connectivity index (χ1v) is 13.3. The summed E-state index contributed by atoms with van der Waals surface area (Å²) in [5.74, 6) is 0.628. The molecule has 0 bridgehead atoms. The highest BCUT2D eigenvalue weighted by Gasteiger charge is 2.30. The number of imidazole rings is 1. The van der Waals surface area contributed by atoms with E-state index in [4.69, 9.17) is 50.5 Å². The number of nitrogens with two attached hydrogens (primary N) is 1. The van der Waals surface area contributed by atoms with E-state index >= 15 is 0 Å². The zero-order valence-corrected chi connectivity index (χ0v) is 21.8. The predicted molar refractivity (Wildman–Crippen MR) is 142 cm³/mol. The number of anilines is 3. The van der Waals surface area contributed by atoms with Gasteiger partial charge in [-0.3, -0.25) is 9.36 Å². The SMILES string of the molecule is NC(=O)[C@H]1CC[C@H](n2c(Nc3c(Cl)cc(Cl)cc3Cl)nc3cnc(N[C@@H]4CCC[C@@H](O)C4)nc32)CC1. The van der Waals surface area contributed by atoms with Gasteiger partial charge in [-0.2, -0.15) is 4.98 Å². The van der Waals surface area contributed by atoms with Gasteiger partial charge in [0.2, 0.25) is 17.8 Å². The number of halogens is 3. The molecule has 12 heteroatoms. The number of aromatic nitrogens is 4. The molecule has 9 nitrogen and oxygen atoms in total. The van der Waals surface area contributed by atoms with Crippen LogP contribution >= 0.6 is 34.8 Å². The van der Waals surface area contributed by atoms with Crippen LogP contribution in [0.2, 0.25) is 15.1 Å². The van der Waals surface area contributed by atoms with E-state index in [-0.39, 0.29) is 30.0 Å². The second-order valence-electron chi connectivity index (χ2n) is 9.65. The van der Waals surface area contributed by atoms with E-state index < -0.39 is 0 Å². The first kappa shape index (κ1) is 25.3. The lowest BCUT2D eigenvalue weighted by molar-refractivity contribution is -0.122. The maximum atomic E-state index is 11.7. The molecule has 2 heterocycles. The number of amides is 1. The molecule has 2 aromatic heterocycles. The highest BCUT2D eigenvalue weighted by atomic mass is 35.5. The molecule has 0 radical (unpaired) electrons. The number of benzene rings is 1. The molecular formula is C24H28Cl3N7O2. The summed E-state index contributed by atoms with van der Waals surface area (Å²) in [6, 6.07) is 3.38. The highest BCUT2D eigenvalue weighted by Crippen LogP contribution is 2.40. The average Bonchev–Trinajstić information content (AvgIpc) is 3.18. The molecule has 5 rings (SSSR count). The number of carbonyl (C=O) groups excluding carboxylic acids is 1. The van der Waals surface area contributed by atoms with E-state index in [1.54, 1.807) is 18.3 Å².